The van der Waals surface area contributed by atoms with Crippen LogP contribution in [0, 0.1) is 0 Å². The molecule has 0 saturated carbocycles. The van der Waals surface area contributed by atoms with Crippen LogP contribution in [0.25, 0.3) is 6.08 Å². The maximum atomic E-state index is 13.8. The molecule has 1 aliphatic heterocycles. The van der Waals surface area contributed by atoms with Crippen molar-refractivity contribution in [2.24, 2.45) is 4.99 Å². The molecule has 43 heavy (non-hydrogen) atoms. The molecule has 0 unspecified atom stereocenters. The predicted octanol–water partition coefficient (Wildman–Crippen LogP) is 7.09. The zero-order valence-corrected chi connectivity index (χ0v) is 25.4. The van der Waals surface area contributed by atoms with Crippen LogP contribution in [0.4, 0.5) is 0 Å². The van der Waals surface area contributed by atoms with Crippen LogP contribution < -0.4 is 5.32 Å². The topological polar surface area (TPSA) is 99.1 Å². The van der Waals surface area contributed by atoms with Gasteiger partial charge in [0, 0.05) is 16.3 Å². The lowest BCUT2D eigenvalue weighted by atomic mass is 9.99. The van der Waals surface area contributed by atoms with Gasteiger partial charge in [-0.05, 0) is 42.3 Å². The monoisotopic (exact) mass is 631 g/mol. The highest BCUT2D eigenvalue weighted by molar-refractivity contribution is 8.14. The second-order valence-corrected chi connectivity index (χ2v) is 10.9. The number of carbonyl (C=O) groups is 3. The molecule has 0 spiro atoms. The lowest BCUT2D eigenvalue weighted by Gasteiger charge is -2.28. The summed E-state index contributed by atoms with van der Waals surface area (Å²) in [5.41, 5.74) is 1.96. The van der Waals surface area contributed by atoms with Crippen LogP contribution in [0.5, 0.6) is 5.75 Å². The molecule has 0 bridgehead atoms. The number of hydrogen-bond acceptors (Lipinski definition) is 5. The molecule has 218 valence electrons. The molecule has 1 aliphatic rings. The van der Waals surface area contributed by atoms with Crippen molar-refractivity contribution < 1.29 is 19.5 Å². The Morgan fingerprint density at radius 2 is 1.70 bits per heavy atom. The number of aliphatic imine (C=N–C) groups is 1. The van der Waals surface area contributed by atoms with E-state index in [0.717, 1.165) is 22.9 Å². The first kappa shape index (κ1) is 31.6. The van der Waals surface area contributed by atoms with Crippen LogP contribution in [0.3, 0.4) is 0 Å². The van der Waals surface area contributed by atoms with E-state index in [1.165, 1.54) is 29.2 Å². The Kier molecular flexibility index (Phi) is 10.8. The van der Waals surface area contributed by atoms with Crippen LogP contribution in [-0.4, -0.2) is 38.6 Å². The molecule has 10 heteroatoms. The van der Waals surface area contributed by atoms with Crippen molar-refractivity contribution in [2.45, 2.75) is 13.0 Å². The Hall–Kier alpha value is -4.37. The van der Waals surface area contributed by atoms with E-state index in [1.54, 1.807) is 25.2 Å². The van der Waals surface area contributed by atoms with E-state index >= 15 is 0 Å². The summed E-state index contributed by atoms with van der Waals surface area (Å²) in [4.78, 5) is 45.6. The smallest absolute Gasteiger partial charge is 0.285 e. The first-order chi connectivity index (χ1) is 20.7. The second kappa shape index (κ2) is 14.7. The molecule has 3 amide bonds. The maximum absolute atomic E-state index is 13.8. The number of phenols is 1. The quantitative estimate of drug-likeness (QED) is 0.149. The van der Waals surface area contributed by atoms with Gasteiger partial charge in [0.15, 0.2) is 5.17 Å². The standard InChI is InChI=1S/C33H27Cl2N3O4S/c1-3-5-16-25(4-2)38-32(42)26(18-23-17-24(34)19-27(35)30(23)40)31(41)37-33(38)43-20-28(39)36-29(21-12-8-6-9-13-21)22-14-10-7-11-15-22/h3-19,29,40H,1,20H2,2H3,(H,36,39)/b16-5-,25-4+,26-18+. The molecular weight excluding hydrogens is 605 g/mol. The van der Waals surface area contributed by atoms with Crippen molar-refractivity contribution >= 4 is 63.9 Å². The Labute approximate surface area is 263 Å². The van der Waals surface area contributed by atoms with Gasteiger partial charge in [-0.25, -0.2) is 0 Å². The number of thioether (sulfide) groups is 1. The fourth-order valence-electron chi connectivity index (χ4n) is 4.24. The fourth-order valence-corrected chi connectivity index (χ4v) is 5.56. The molecule has 7 nitrogen and oxygen atoms in total. The summed E-state index contributed by atoms with van der Waals surface area (Å²) in [6.45, 7) is 5.39. The van der Waals surface area contributed by atoms with Crippen molar-refractivity contribution in [2.75, 3.05) is 5.75 Å². The molecule has 0 aromatic heterocycles. The molecule has 4 rings (SSSR count). The molecule has 0 atom stereocenters. The average Bonchev–Trinajstić information content (AvgIpc) is 3.01. The number of amides is 3. The third-order valence-corrected chi connectivity index (χ3v) is 7.72. The van der Waals surface area contributed by atoms with E-state index in [-0.39, 0.29) is 43.8 Å². The van der Waals surface area contributed by atoms with Gasteiger partial charge in [-0.3, -0.25) is 19.3 Å². The minimum absolute atomic E-state index is 0.0217. The molecule has 0 radical (unpaired) electrons. The van der Waals surface area contributed by atoms with Crippen molar-refractivity contribution in [3.05, 3.63) is 142 Å². The van der Waals surface area contributed by atoms with Gasteiger partial charge in [-0.2, -0.15) is 4.99 Å². The molecule has 3 aromatic rings. The van der Waals surface area contributed by atoms with Gasteiger partial charge < -0.3 is 10.4 Å². The SMILES string of the molecule is C=C/C=C\C(=C/C)N1C(=O)/C(=C/c2cc(Cl)cc(Cl)c2O)C(=O)N=C1SCC(=O)NC(c1ccccc1)c1ccccc1. The molecule has 0 saturated heterocycles. The number of allylic oxidation sites excluding steroid dienone is 4. The van der Waals surface area contributed by atoms with E-state index in [9.17, 15) is 19.5 Å². The summed E-state index contributed by atoms with van der Waals surface area (Å²) in [6, 6.07) is 21.4. The Balaban J connectivity index is 1.64. The number of benzene rings is 3. The van der Waals surface area contributed by atoms with Crippen LogP contribution in [0.2, 0.25) is 10.0 Å². The predicted molar refractivity (Wildman–Crippen MR) is 174 cm³/mol. The van der Waals surface area contributed by atoms with Gasteiger partial charge in [-0.15, -0.1) is 0 Å². The highest BCUT2D eigenvalue weighted by Gasteiger charge is 2.35. The van der Waals surface area contributed by atoms with E-state index in [2.05, 4.69) is 16.9 Å². The zero-order valence-electron chi connectivity index (χ0n) is 23.0. The number of aromatic hydroxyl groups is 1. The number of nitrogens with zero attached hydrogens (tertiary/aromatic N) is 2. The maximum Gasteiger partial charge on any atom is 0.285 e. The number of halogens is 2. The number of rotatable bonds is 9. The van der Waals surface area contributed by atoms with Crippen LogP contribution >= 0.6 is 35.0 Å². The number of hydrogen-bond donors (Lipinski definition) is 2. The highest BCUT2D eigenvalue weighted by atomic mass is 35.5. The van der Waals surface area contributed by atoms with E-state index in [4.69, 9.17) is 23.2 Å². The van der Waals surface area contributed by atoms with Crippen molar-refractivity contribution in [1.82, 2.24) is 10.2 Å². The largest absolute Gasteiger partial charge is 0.506 e. The zero-order chi connectivity index (χ0) is 30.9. The first-order valence-electron chi connectivity index (χ1n) is 13.1. The highest BCUT2D eigenvalue weighted by Crippen LogP contribution is 2.34. The van der Waals surface area contributed by atoms with Crippen LogP contribution in [0.1, 0.15) is 29.7 Å². The summed E-state index contributed by atoms with van der Waals surface area (Å²) >= 11 is 13.1. The second-order valence-electron chi connectivity index (χ2n) is 9.14. The van der Waals surface area contributed by atoms with Crippen LogP contribution in [0.15, 0.2) is 120 Å². The summed E-state index contributed by atoms with van der Waals surface area (Å²) in [5, 5.41) is 13.7. The van der Waals surface area contributed by atoms with E-state index in [1.807, 2.05) is 60.7 Å². The lowest BCUT2D eigenvalue weighted by molar-refractivity contribution is -0.126. The van der Waals surface area contributed by atoms with Crippen molar-refractivity contribution in [3.63, 3.8) is 0 Å². The third-order valence-electron chi connectivity index (χ3n) is 6.27. The van der Waals surface area contributed by atoms with Gasteiger partial charge in [-0.1, -0.05) is 120 Å². The van der Waals surface area contributed by atoms with Crippen LogP contribution in [-0.2, 0) is 14.4 Å². The summed E-state index contributed by atoms with van der Waals surface area (Å²) in [7, 11) is 0. The van der Waals surface area contributed by atoms with Crippen molar-refractivity contribution in [3.8, 4) is 5.75 Å². The fraction of sp³-hybridized carbons (Fsp3) is 0.0909. The van der Waals surface area contributed by atoms with Gasteiger partial charge in [0.2, 0.25) is 5.91 Å². The van der Waals surface area contributed by atoms with E-state index in [0.29, 0.717) is 5.70 Å². The lowest BCUT2D eigenvalue weighted by Crippen LogP contribution is -2.42. The first-order valence-corrected chi connectivity index (χ1v) is 14.8. The van der Waals surface area contributed by atoms with Gasteiger partial charge in [0.05, 0.1) is 16.8 Å². The summed E-state index contributed by atoms with van der Waals surface area (Å²) < 4.78 is 0. The van der Waals surface area contributed by atoms with Gasteiger partial charge in [0.25, 0.3) is 11.8 Å². The third kappa shape index (κ3) is 7.73. The molecule has 2 N–H and O–H groups in total. The number of nitrogens with one attached hydrogen (secondary N) is 1. The minimum Gasteiger partial charge on any atom is -0.506 e. The average molecular weight is 633 g/mol. The molecule has 3 aromatic carbocycles. The Bertz CT molecular complexity index is 1630. The summed E-state index contributed by atoms with van der Waals surface area (Å²) in [5.74, 6) is -2.33. The molecule has 1 heterocycles. The number of carbonyl (C=O) groups excluding carboxylic acids is 3. The Morgan fingerprint density at radius 3 is 2.28 bits per heavy atom. The van der Waals surface area contributed by atoms with E-state index < -0.39 is 17.9 Å². The molecular formula is C33H27Cl2N3O4S. The minimum atomic E-state index is -0.839. The molecule has 0 aliphatic carbocycles. The summed E-state index contributed by atoms with van der Waals surface area (Å²) in [6.07, 6.45) is 7.65. The Morgan fingerprint density at radius 1 is 1.07 bits per heavy atom. The normalized spacial score (nSPS) is 14.9. The number of phenolic OH excluding ortho intramolecular Hbond substituents is 1. The number of amidine groups is 1. The van der Waals surface area contributed by atoms with Crippen molar-refractivity contribution in [1.29, 1.82) is 0 Å². The molecule has 0 fully saturated rings. The van der Waals surface area contributed by atoms with Gasteiger partial charge >= 0.3 is 0 Å². The van der Waals surface area contributed by atoms with Gasteiger partial charge in [0.1, 0.15) is 11.3 Å².